The van der Waals surface area contributed by atoms with Gasteiger partial charge in [0, 0.05) is 0 Å². The number of fused-ring (bicyclic) bond motifs is 1. The van der Waals surface area contributed by atoms with Crippen LogP contribution in [-0.2, 0) is 17.0 Å². The minimum atomic E-state index is -0.556. The molecule has 0 aromatic heterocycles. The number of rotatable bonds is 1. The molecule has 0 aliphatic carbocycles. The molecule has 0 N–H and O–H groups in total. The molecule has 0 spiro atoms. The van der Waals surface area contributed by atoms with E-state index >= 15 is 0 Å². The average Bonchev–Trinajstić information content (AvgIpc) is 2.76. The second-order valence-corrected chi connectivity index (χ2v) is 14.4. The van der Waals surface area contributed by atoms with Gasteiger partial charge in [0.25, 0.3) is 0 Å². The summed E-state index contributed by atoms with van der Waals surface area (Å²) in [6.45, 7) is 18.8. The van der Waals surface area contributed by atoms with Crippen molar-refractivity contribution in [3.05, 3.63) is 35.4 Å². The summed E-state index contributed by atoms with van der Waals surface area (Å²) in [5.74, 6) is 0. The van der Waals surface area contributed by atoms with Crippen molar-refractivity contribution in [1.29, 1.82) is 0 Å². The van der Waals surface area contributed by atoms with E-state index in [9.17, 15) is 0 Å². The first-order chi connectivity index (χ1) is 10.4. The Bertz CT molecular complexity index is 595. The summed E-state index contributed by atoms with van der Waals surface area (Å²) in [7, 11) is 9.57. The second kappa shape index (κ2) is 8.29. The Morgan fingerprint density at radius 3 is 1.74 bits per heavy atom. The Kier molecular flexibility index (Phi) is 7.78. The molecule has 0 atom stereocenters. The predicted molar refractivity (Wildman–Crippen MR) is 107 cm³/mol. The number of benzene rings is 1. The fraction of sp³-hybridized carbons (Fsp3) is 0.526. The summed E-state index contributed by atoms with van der Waals surface area (Å²) < 4.78 is 0. The number of aryl methyl sites for hydroxylation is 2. The quantitative estimate of drug-likeness (QED) is 0.266. The van der Waals surface area contributed by atoms with Gasteiger partial charge in [0.15, 0.2) is 0 Å². The zero-order valence-corrected chi connectivity index (χ0v) is 19.5. The number of hydrogen-bond donors (Lipinski definition) is 0. The summed E-state index contributed by atoms with van der Waals surface area (Å²) in [6.07, 6.45) is 0. The van der Waals surface area contributed by atoms with E-state index in [0.717, 1.165) is 0 Å². The first-order valence-electron chi connectivity index (χ1n) is 7.86. The van der Waals surface area contributed by atoms with Crippen LogP contribution in [0.5, 0.6) is 0 Å². The Morgan fingerprint density at radius 2 is 1.35 bits per heavy atom. The first-order valence-corrected chi connectivity index (χ1v) is 13.5. The molecule has 0 nitrogen and oxygen atoms in total. The van der Waals surface area contributed by atoms with Gasteiger partial charge in [-0.15, -0.1) is 33.8 Å². The van der Waals surface area contributed by atoms with Crippen molar-refractivity contribution in [2.75, 3.05) is 0 Å². The fourth-order valence-electron chi connectivity index (χ4n) is 3.48. The van der Waals surface area contributed by atoms with Gasteiger partial charge in [-0.05, 0) is 17.2 Å². The molecule has 23 heavy (non-hydrogen) atoms. The van der Waals surface area contributed by atoms with Crippen LogP contribution in [0.3, 0.4) is 0 Å². The Morgan fingerprint density at radius 1 is 0.913 bits per heavy atom. The van der Waals surface area contributed by atoms with Crippen LogP contribution in [0.2, 0.25) is 0 Å². The molecule has 0 saturated heterocycles. The molecular weight excluding hydrogens is 378 g/mol. The maximum atomic E-state index is 4.89. The van der Waals surface area contributed by atoms with Crippen molar-refractivity contribution >= 4 is 42.6 Å². The molecule has 2 aromatic carbocycles. The van der Waals surface area contributed by atoms with Crippen LogP contribution in [0.25, 0.3) is 10.8 Å². The van der Waals surface area contributed by atoms with Gasteiger partial charge in [0.2, 0.25) is 0 Å². The zero-order valence-electron chi connectivity index (χ0n) is 15.5. The van der Waals surface area contributed by atoms with Crippen LogP contribution in [-0.4, -0.2) is 10.3 Å². The van der Waals surface area contributed by atoms with Gasteiger partial charge in [0.05, 0.1) is 0 Å². The Labute approximate surface area is 160 Å². The molecule has 0 amide bonds. The normalized spacial score (nSPS) is 12.3. The van der Waals surface area contributed by atoms with Crippen molar-refractivity contribution in [3.63, 3.8) is 0 Å². The van der Waals surface area contributed by atoms with Gasteiger partial charge in [-0.25, -0.2) is 0 Å². The van der Waals surface area contributed by atoms with Gasteiger partial charge in [-0.1, -0.05) is 68.0 Å². The van der Waals surface area contributed by atoms with E-state index in [0.29, 0.717) is 10.3 Å². The maximum absolute atomic E-state index is 4.89. The molecule has 2 rings (SSSR count). The summed E-state index contributed by atoms with van der Waals surface area (Å²) in [6, 6.07) is 9.41. The fourth-order valence-corrected chi connectivity index (χ4v) is 7.56. The minimum absolute atomic E-state index is 0.209. The molecule has 0 aliphatic rings. The van der Waals surface area contributed by atoms with Crippen LogP contribution in [0, 0.1) is 13.8 Å². The van der Waals surface area contributed by atoms with E-state index < -0.39 is 17.0 Å². The number of hydrogen-bond acceptors (Lipinski definition) is 0. The predicted octanol–water partition coefficient (Wildman–Crippen LogP) is 7.26. The molecule has 0 bridgehead atoms. The molecule has 2 aromatic rings. The molecule has 0 heterocycles. The third-order valence-electron chi connectivity index (χ3n) is 3.91. The van der Waals surface area contributed by atoms with Gasteiger partial charge in [-0.3, -0.25) is 0 Å². The second-order valence-electron chi connectivity index (χ2n) is 7.99. The molecule has 4 heteroatoms. The molecule has 0 saturated carbocycles. The summed E-state index contributed by atoms with van der Waals surface area (Å²) in [5, 5.41) is 5.12. The van der Waals surface area contributed by atoms with E-state index in [4.69, 9.17) is 18.6 Å². The van der Waals surface area contributed by atoms with E-state index in [-0.39, 0.29) is 7.92 Å². The first kappa shape index (κ1) is 21.6. The van der Waals surface area contributed by atoms with Crippen molar-refractivity contribution in [2.24, 2.45) is 0 Å². The standard InChI is InChI=1S/C19H28P.2ClH.Ti/c1-13-9-10-14(2)17-12-15(11-16(13)17)20(18(3,4)5)19(6,7)8;;;/h9-12H,1-8H3;2*1H;/q-1;;;+2/p-2. The summed E-state index contributed by atoms with van der Waals surface area (Å²) in [4.78, 5) is 0. The third kappa shape index (κ3) is 5.52. The zero-order chi connectivity index (χ0) is 18.0. The van der Waals surface area contributed by atoms with Crippen LogP contribution in [0.4, 0.5) is 0 Å². The molecule has 128 valence electrons. The van der Waals surface area contributed by atoms with Crippen molar-refractivity contribution < 1.29 is 17.0 Å². The van der Waals surface area contributed by atoms with Crippen LogP contribution >= 0.6 is 26.5 Å². The van der Waals surface area contributed by atoms with E-state index in [1.54, 1.807) is 5.30 Å². The Balaban J connectivity index is 0.000000816. The van der Waals surface area contributed by atoms with E-state index in [1.807, 2.05) is 0 Å². The molecule has 0 radical (unpaired) electrons. The monoisotopic (exact) mass is 405 g/mol. The SMILES string of the molecule is Cc1ccc(C)c2[cH-]c(P(C(C)(C)C)C(C)(C)C)cc12.[Cl][Ti][Cl]. The van der Waals surface area contributed by atoms with Crippen molar-refractivity contribution in [2.45, 2.75) is 65.7 Å². The van der Waals surface area contributed by atoms with Crippen LogP contribution in [0.15, 0.2) is 24.3 Å². The van der Waals surface area contributed by atoms with Crippen LogP contribution < -0.4 is 5.30 Å². The molecule has 0 aliphatic heterocycles. The van der Waals surface area contributed by atoms with Crippen molar-refractivity contribution in [3.8, 4) is 0 Å². The summed E-state index contributed by atoms with van der Waals surface area (Å²) in [5.41, 5.74) is 2.80. The molecular formula is C19H28Cl2PTi-. The van der Waals surface area contributed by atoms with Crippen molar-refractivity contribution in [1.82, 2.24) is 0 Å². The van der Waals surface area contributed by atoms with E-state index in [1.165, 1.54) is 21.9 Å². The van der Waals surface area contributed by atoms with Gasteiger partial charge in [0.1, 0.15) is 0 Å². The van der Waals surface area contributed by atoms with Gasteiger partial charge >= 0.3 is 35.6 Å². The van der Waals surface area contributed by atoms with Gasteiger partial charge < -0.3 is 0 Å². The Hall–Kier alpha value is 0.554. The topological polar surface area (TPSA) is 0 Å². The summed E-state index contributed by atoms with van der Waals surface area (Å²) >= 11 is -0.556. The van der Waals surface area contributed by atoms with E-state index in [2.05, 4.69) is 79.7 Å². The number of halogens is 2. The molecule has 0 fully saturated rings. The third-order valence-corrected chi connectivity index (χ3v) is 7.37. The average molecular weight is 406 g/mol. The van der Waals surface area contributed by atoms with Crippen LogP contribution in [0.1, 0.15) is 52.7 Å². The molecule has 0 unspecified atom stereocenters. The van der Waals surface area contributed by atoms with Gasteiger partial charge in [-0.2, -0.15) is 6.07 Å².